The highest BCUT2D eigenvalue weighted by atomic mass is 16.5. The van der Waals surface area contributed by atoms with Crippen molar-refractivity contribution in [2.24, 2.45) is 0 Å². The second-order valence-electron chi connectivity index (χ2n) is 4.37. The molecule has 1 aromatic rings. The minimum Gasteiger partial charge on any atom is -0.478 e. The van der Waals surface area contributed by atoms with E-state index in [0.29, 0.717) is 11.7 Å². The summed E-state index contributed by atoms with van der Waals surface area (Å²) in [5.74, 6) is 1.23. The number of morpholine rings is 1. The van der Waals surface area contributed by atoms with Gasteiger partial charge in [0, 0.05) is 38.1 Å². The van der Waals surface area contributed by atoms with Crippen LogP contribution in [0.15, 0.2) is 12.4 Å². The van der Waals surface area contributed by atoms with E-state index in [1.54, 1.807) is 19.5 Å². The first-order valence-corrected chi connectivity index (χ1v) is 6.21. The second kappa shape index (κ2) is 6.51. The molecule has 1 aromatic heterocycles. The van der Waals surface area contributed by atoms with Gasteiger partial charge >= 0.3 is 0 Å². The third kappa shape index (κ3) is 3.54. The zero-order valence-corrected chi connectivity index (χ0v) is 10.9. The van der Waals surface area contributed by atoms with Crippen LogP contribution in [0.5, 0.6) is 5.88 Å². The zero-order chi connectivity index (χ0) is 12.8. The van der Waals surface area contributed by atoms with Crippen LogP contribution in [0, 0.1) is 0 Å². The van der Waals surface area contributed by atoms with Gasteiger partial charge in [-0.05, 0) is 6.92 Å². The van der Waals surface area contributed by atoms with E-state index in [4.69, 9.17) is 9.47 Å². The molecule has 1 atom stereocenters. The number of nitrogens with one attached hydrogen (secondary N) is 1. The van der Waals surface area contributed by atoms with Crippen LogP contribution in [-0.2, 0) is 4.74 Å². The number of anilines is 1. The lowest BCUT2D eigenvalue weighted by Crippen LogP contribution is -2.42. The number of hydrogen-bond acceptors (Lipinski definition) is 6. The lowest BCUT2D eigenvalue weighted by molar-refractivity contribution is 0.0368. The van der Waals surface area contributed by atoms with Crippen LogP contribution in [0.1, 0.15) is 6.92 Å². The predicted molar refractivity (Wildman–Crippen MR) is 68.9 cm³/mol. The van der Waals surface area contributed by atoms with Crippen molar-refractivity contribution in [1.82, 2.24) is 14.9 Å². The van der Waals surface area contributed by atoms with Crippen LogP contribution in [-0.4, -0.2) is 60.9 Å². The molecule has 2 heterocycles. The maximum absolute atomic E-state index is 5.33. The number of aromatic nitrogens is 2. The topological polar surface area (TPSA) is 59.5 Å². The fourth-order valence-electron chi connectivity index (χ4n) is 2.02. The van der Waals surface area contributed by atoms with E-state index < -0.39 is 0 Å². The first-order chi connectivity index (χ1) is 8.79. The van der Waals surface area contributed by atoms with Crippen molar-refractivity contribution in [3.8, 4) is 5.88 Å². The fraction of sp³-hybridized carbons (Fsp3) is 0.667. The lowest BCUT2D eigenvalue weighted by atomic mass is 10.3. The Morgan fingerprint density at radius 2 is 2.11 bits per heavy atom. The predicted octanol–water partition coefficient (Wildman–Crippen LogP) is 0.618. The molecule has 0 aromatic carbocycles. The van der Waals surface area contributed by atoms with E-state index in [-0.39, 0.29) is 6.04 Å². The monoisotopic (exact) mass is 252 g/mol. The Kier molecular flexibility index (Phi) is 4.72. The standard InChI is InChI=1S/C12H20N4O2/c1-10(9-16-5-7-18-8-6-16)15-11-12(17-2)14-4-3-13-11/h3-4,10H,5-9H2,1-2H3,(H,13,15)/t10-/m1/s1. The average Bonchev–Trinajstić information content (AvgIpc) is 2.40. The first kappa shape index (κ1) is 13.0. The van der Waals surface area contributed by atoms with Crippen molar-refractivity contribution >= 4 is 5.82 Å². The van der Waals surface area contributed by atoms with Crippen LogP contribution in [0.4, 0.5) is 5.82 Å². The van der Waals surface area contributed by atoms with Crippen LogP contribution < -0.4 is 10.1 Å². The Morgan fingerprint density at radius 3 is 2.83 bits per heavy atom. The molecule has 6 nitrogen and oxygen atoms in total. The minimum atomic E-state index is 0.286. The molecule has 1 aliphatic rings. The highest BCUT2D eigenvalue weighted by Gasteiger charge is 2.15. The molecule has 0 aliphatic carbocycles. The van der Waals surface area contributed by atoms with Crippen LogP contribution in [0.2, 0.25) is 0 Å². The van der Waals surface area contributed by atoms with E-state index in [1.807, 2.05) is 0 Å². The number of methoxy groups -OCH3 is 1. The summed E-state index contributed by atoms with van der Waals surface area (Å²) in [4.78, 5) is 10.7. The molecule has 0 unspecified atom stereocenters. The van der Waals surface area contributed by atoms with E-state index in [0.717, 1.165) is 32.8 Å². The molecule has 2 rings (SSSR count). The van der Waals surface area contributed by atoms with Gasteiger partial charge in [-0.15, -0.1) is 0 Å². The zero-order valence-electron chi connectivity index (χ0n) is 10.9. The molecule has 0 radical (unpaired) electrons. The highest BCUT2D eigenvalue weighted by Crippen LogP contribution is 2.17. The van der Waals surface area contributed by atoms with Crippen molar-refractivity contribution in [3.05, 3.63) is 12.4 Å². The van der Waals surface area contributed by atoms with Gasteiger partial charge in [0.2, 0.25) is 0 Å². The van der Waals surface area contributed by atoms with E-state index in [9.17, 15) is 0 Å². The maximum atomic E-state index is 5.33. The number of rotatable bonds is 5. The Morgan fingerprint density at radius 1 is 1.39 bits per heavy atom. The molecule has 0 amide bonds. The molecule has 0 saturated carbocycles. The smallest absolute Gasteiger partial charge is 0.257 e. The third-order valence-electron chi connectivity index (χ3n) is 2.88. The van der Waals surface area contributed by atoms with Crippen LogP contribution in [0.25, 0.3) is 0 Å². The van der Waals surface area contributed by atoms with Crippen LogP contribution in [0.3, 0.4) is 0 Å². The summed E-state index contributed by atoms with van der Waals surface area (Å²) < 4.78 is 10.5. The van der Waals surface area contributed by atoms with Gasteiger partial charge in [0.1, 0.15) is 0 Å². The summed E-state index contributed by atoms with van der Waals surface area (Å²) >= 11 is 0. The Balaban J connectivity index is 1.87. The highest BCUT2D eigenvalue weighted by molar-refractivity contribution is 5.45. The second-order valence-corrected chi connectivity index (χ2v) is 4.37. The third-order valence-corrected chi connectivity index (χ3v) is 2.88. The summed E-state index contributed by atoms with van der Waals surface area (Å²) in [6, 6.07) is 0.286. The van der Waals surface area contributed by atoms with Crippen molar-refractivity contribution in [1.29, 1.82) is 0 Å². The quantitative estimate of drug-likeness (QED) is 0.829. The van der Waals surface area contributed by atoms with Crippen LogP contribution >= 0.6 is 0 Å². The minimum absolute atomic E-state index is 0.286. The summed E-state index contributed by atoms with van der Waals surface area (Å²) in [5, 5.41) is 3.33. The molecule has 100 valence electrons. The normalized spacial score (nSPS) is 18.3. The Bertz CT molecular complexity index is 369. The van der Waals surface area contributed by atoms with Crippen molar-refractivity contribution in [2.45, 2.75) is 13.0 Å². The molecule has 0 spiro atoms. The van der Waals surface area contributed by atoms with Gasteiger partial charge in [-0.25, -0.2) is 9.97 Å². The largest absolute Gasteiger partial charge is 0.478 e. The summed E-state index contributed by atoms with van der Waals surface area (Å²) in [6.45, 7) is 6.71. The van der Waals surface area contributed by atoms with E-state index in [1.165, 1.54) is 0 Å². The fourth-order valence-corrected chi connectivity index (χ4v) is 2.02. The maximum Gasteiger partial charge on any atom is 0.257 e. The lowest BCUT2D eigenvalue weighted by Gasteiger charge is -2.29. The Hall–Kier alpha value is -1.40. The van der Waals surface area contributed by atoms with E-state index >= 15 is 0 Å². The number of hydrogen-bond donors (Lipinski definition) is 1. The summed E-state index contributed by atoms with van der Waals surface area (Å²) in [6.07, 6.45) is 3.28. The van der Waals surface area contributed by atoms with Crippen molar-refractivity contribution < 1.29 is 9.47 Å². The molecule has 18 heavy (non-hydrogen) atoms. The molecule has 0 bridgehead atoms. The molecule has 1 saturated heterocycles. The average molecular weight is 252 g/mol. The van der Waals surface area contributed by atoms with Gasteiger partial charge in [0.05, 0.1) is 20.3 Å². The SMILES string of the molecule is COc1nccnc1N[C@H](C)CN1CCOCC1. The molecule has 1 fully saturated rings. The van der Waals surface area contributed by atoms with Gasteiger partial charge in [-0.2, -0.15) is 0 Å². The van der Waals surface area contributed by atoms with E-state index in [2.05, 4.69) is 27.1 Å². The molecular formula is C12H20N4O2. The molecule has 6 heteroatoms. The van der Waals surface area contributed by atoms with Crippen molar-refractivity contribution in [3.63, 3.8) is 0 Å². The molecule has 1 aliphatic heterocycles. The summed E-state index contributed by atoms with van der Waals surface area (Å²) in [7, 11) is 1.60. The molecule has 1 N–H and O–H groups in total. The molecular weight excluding hydrogens is 232 g/mol. The van der Waals surface area contributed by atoms with Crippen molar-refractivity contribution in [2.75, 3.05) is 45.3 Å². The van der Waals surface area contributed by atoms with Gasteiger partial charge in [-0.3, -0.25) is 4.90 Å². The number of nitrogens with zero attached hydrogens (tertiary/aromatic N) is 3. The van der Waals surface area contributed by atoms with Gasteiger partial charge in [-0.1, -0.05) is 0 Å². The number of ether oxygens (including phenoxy) is 2. The summed E-state index contributed by atoms with van der Waals surface area (Å²) in [5.41, 5.74) is 0. The van der Waals surface area contributed by atoms with Gasteiger partial charge in [0.25, 0.3) is 5.88 Å². The Labute approximate surface area is 107 Å². The van der Waals surface area contributed by atoms with Gasteiger partial charge < -0.3 is 14.8 Å². The van der Waals surface area contributed by atoms with Gasteiger partial charge in [0.15, 0.2) is 5.82 Å². The first-order valence-electron chi connectivity index (χ1n) is 6.21.